The third kappa shape index (κ3) is 3.49. The molecular weight excluding hydrogens is 228 g/mol. The summed E-state index contributed by atoms with van der Waals surface area (Å²) in [4.78, 5) is 11.6. The number of esters is 1. The van der Waals surface area contributed by atoms with E-state index in [9.17, 15) is 4.79 Å². The van der Waals surface area contributed by atoms with Crippen molar-refractivity contribution in [2.45, 2.75) is 33.1 Å². The van der Waals surface area contributed by atoms with Crippen LogP contribution in [0.2, 0.25) is 0 Å². The van der Waals surface area contributed by atoms with Crippen LogP contribution in [0.15, 0.2) is 24.3 Å². The molecule has 3 nitrogen and oxygen atoms in total. The van der Waals surface area contributed by atoms with E-state index in [0.29, 0.717) is 6.42 Å². The normalized spacial score (nSPS) is 12.9. The Hall–Kier alpha value is -1.51. The Kier molecular flexibility index (Phi) is 4.76. The zero-order chi connectivity index (χ0) is 13.8. The van der Waals surface area contributed by atoms with E-state index < -0.39 is 0 Å². The molecule has 100 valence electrons. The van der Waals surface area contributed by atoms with Crippen molar-refractivity contribution < 1.29 is 14.3 Å². The van der Waals surface area contributed by atoms with E-state index in [2.05, 4.69) is 20.8 Å². The minimum atomic E-state index is -0.194. The summed E-state index contributed by atoms with van der Waals surface area (Å²) in [5, 5.41) is 0. The molecule has 0 radical (unpaired) electrons. The molecule has 0 spiro atoms. The summed E-state index contributed by atoms with van der Waals surface area (Å²) in [7, 11) is 3.07. The van der Waals surface area contributed by atoms with Gasteiger partial charge in [0.2, 0.25) is 0 Å². The number of carbonyl (C=O) groups excluding carboxylic acids is 1. The van der Waals surface area contributed by atoms with E-state index in [1.54, 1.807) is 7.11 Å². The average molecular weight is 250 g/mol. The van der Waals surface area contributed by atoms with E-state index in [0.717, 1.165) is 11.3 Å². The summed E-state index contributed by atoms with van der Waals surface area (Å²) in [6.07, 6.45) is 0.361. The maximum atomic E-state index is 11.6. The van der Waals surface area contributed by atoms with Crippen molar-refractivity contribution in [1.82, 2.24) is 0 Å². The number of rotatable bonds is 4. The molecule has 0 heterocycles. The standard InChI is InChI=1S/C15H22O3/c1-15(2,3)12(10-14(16)18-5)11-8-6-7-9-13(11)17-4/h6-9,12H,10H2,1-5H3. The number of para-hydroxylation sites is 1. The lowest BCUT2D eigenvalue weighted by atomic mass is 9.74. The molecule has 0 saturated heterocycles. The topological polar surface area (TPSA) is 35.5 Å². The van der Waals surface area contributed by atoms with Crippen LogP contribution in [-0.4, -0.2) is 20.2 Å². The first kappa shape index (κ1) is 14.6. The van der Waals surface area contributed by atoms with E-state index in [1.807, 2.05) is 24.3 Å². The number of hydrogen-bond donors (Lipinski definition) is 0. The molecule has 18 heavy (non-hydrogen) atoms. The van der Waals surface area contributed by atoms with Crippen molar-refractivity contribution in [2.75, 3.05) is 14.2 Å². The molecule has 0 fully saturated rings. The van der Waals surface area contributed by atoms with Crippen molar-refractivity contribution in [1.29, 1.82) is 0 Å². The van der Waals surface area contributed by atoms with Crippen LogP contribution >= 0.6 is 0 Å². The molecule has 1 atom stereocenters. The largest absolute Gasteiger partial charge is 0.496 e. The molecule has 0 amide bonds. The summed E-state index contributed by atoms with van der Waals surface area (Å²) in [5.41, 5.74) is 1.01. The van der Waals surface area contributed by atoms with Gasteiger partial charge in [-0.1, -0.05) is 39.0 Å². The van der Waals surface area contributed by atoms with Gasteiger partial charge in [-0.05, 0) is 17.0 Å². The zero-order valence-electron chi connectivity index (χ0n) is 11.8. The zero-order valence-corrected chi connectivity index (χ0v) is 11.8. The van der Waals surface area contributed by atoms with Gasteiger partial charge in [0.05, 0.1) is 20.6 Å². The molecule has 0 saturated carbocycles. The van der Waals surface area contributed by atoms with Crippen molar-refractivity contribution in [3.05, 3.63) is 29.8 Å². The van der Waals surface area contributed by atoms with Crippen LogP contribution in [0.4, 0.5) is 0 Å². The first-order valence-corrected chi connectivity index (χ1v) is 6.10. The third-order valence-electron chi connectivity index (χ3n) is 3.16. The fraction of sp³-hybridized carbons (Fsp3) is 0.533. The van der Waals surface area contributed by atoms with Crippen LogP contribution in [0.5, 0.6) is 5.75 Å². The Balaban J connectivity index is 3.13. The van der Waals surface area contributed by atoms with Gasteiger partial charge in [0.25, 0.3) is 0 Å². The summed E-state index contributed by atoms with van der Waals surface area (Å²) >= 11 is 0. The summed E-state index contributed by atoms with van der Waals surface area (Å²) in [5.74, 6) is 0.697. The fourth-order valence-corrected chi connectivity index (χ4v) is 2.09. The third-order valence-corrected chi connectivity index (χ3v) is 3.16. The Bertz CT molecular complexity index is 404. The van der Waals surface area contributed by atoms with Crippen molar-refractivity contribution >= 4 is 5.97 Å². The summed E-state index contributed by atoms with van der Waals surface area (Å²) in [6, 6.07) is 7.83. The van der Waals surface area contributed by atoms with Gasteiger partial charge >= 0.3 is 5.97 Å². The molecule has 1 unspecified atom stereocenters. The smallest absolute Gasteiger partial charge is 0.306 e. The second-order valence-electron chi connectivity index (χ2n) is 5.44. The quantitative estimate of drug-likeness (QED) is 0.768. The number of ether oxygens (including phenoxy) is 2. The minimum Gasteiger partial charge on any atom is -0.496 e. The van der Waals surface area contributed by atoms with E-state index in [-0.39, 0.29) is 17.3 Å². The lowest BCUT2D eigenvalue weighted by Gasteiger charge is -2.31. The van der Waals surface area contributed by atoms with E-state index in [4.69, 9.17) is 9.47 Å². The van der Waals surface area contributed by atoms with Gasteiger partial charge in [-0.3, -0.25) is 4.79 Å². The minimum absolute atomic E-state index is 0.0389. The second kappa shape index (κ2) is 5.89. The lowest BCUT2D eigenvalue weighted by molar-refractivity contribution is -0.141. The van der Waals surface area contributed by atoms with Crippen LogP contribution in [-0.2, 0) is 9.53 Å². The fourth-order valence-electron chi connectivity index (χ4n) is 2.09. The summed E-state index contributed by atoms with van der Waals surface area (Å²) < 4.78 is 10.2. The van der Waals surface area contributed by atoms with Crippen LogP contribution in [0, 0.1) is 5.41 Å². The van der Waals surface area contributed by atoms with Crippen LogP contribution in [0.1, 0.15) is 38.7 Å². The molecule has 1 rings (SSSR count). The molecule has 0 bridgehead atoms. The van der Waals surface area contributed by atoms with Crippen molar-refractivity contribution in [3.8, 4) is 5.75 Å². The molecule has 0 N–H and O–H groups in total. The number of benzene rings is 1. The summed E-state index contributed by atoms with van der Waals surface area (Å²) in [6.45, 7) is 6.35. The lowest BCUT2D eigenvalue weighted by Crippen LogP contribution is -2.22. The highest BCUT2D eigenvalue weighted by molar-refractivity contribution is 5.70. The first-order valence-electron chi connectivity index (χ1n) is 6.10. The maximum absolute atomic E-state index is 11.6. The van der Waals surface area contributed by atoms with Crippen LogP contribution in [0.3, 0.4) is 0 Å². The molecule has 0 aliphatic heterocycles. The molecule has 1 aromatic rings. The Morgan fingerprint density at radius 1 is 1.22 bits per heavy atom. The van der Waals surface area contributed by atoms with Crippen LogP contribution < -0.4 is 4.74 Å². The van der Waals surface area contributed by atoms with E-state index >= 15 is 0 Å². The number of hydrogen-bond acceptors (Lipinski definition) is 3. The predicted molar refractivity (Wildman–Crippen MR) is 71.8 cm³/mol. The number of methoxy groups -OCH3 is 2. The van der Waals surface area contributed by atoms with Crippen LogP contribution in [0.25, 0.3) is 0 Å². The Morgan fingerprint density at radius 3 is 2.33 bits per heavy atom. The first-order chi connectivity index (χ1) is 8.40. The molecule has 0 aromatic heterocycles. The Labute approximate surface area is 109 Å². The second-order valence-corrected chi connectivity index (χ2v) is 5.44. The maximum Gasteiger partial charge on any atom is 0.306 e. The highest BCUT2D eigenvalue weighted by atomic mass is 16.5. The molecule has 0 aliphatic rings. The number of carbonyl (C=O) groups is 1. The Morgan fingerprint density at radius 2 is 1.83 bits per heavy atom. The SMILES string of the molecule is COC(=O)CC(c1ccccc1OC)C(C)(C)C. The van der Waals surface area contributed by atoms with E-state index in [1.165, 1.54) is 7.11 Å². The van der Waals surface area contributed by atoms with Gasteiger partial charge < -0.3 is 9.47 Å². The van der Waals surface area contributed by atoms with Gasteiger partial charge in [0.1, 0.15) is 5.75 Å². The highest BCUT2D eigenvalue weighted by Crippen LogP contribution is 2.41. The van der Waals surface area contributed by atoms with Gasteiger partial charge in [0.15, 0.2) is 0 Å². The van der Waals surface area contributed by atoms with Gasteiger partial charge in [0, 0.05) is 5.92 Å². The van der Waals surface area contributed by atoms with Gasteiger partial charge in [-0.2, -0.15) is 0 Å². The van der Waals surface area contributed by atoms with Gasteiger partial charge in [-0.25, -0.2) is 0 Å². The molecule has 1 aromatic carbocycles. The molecular formula is C15H22O3. The average Bonchev–Trinajstić information content (AvgIpc) is 2.34. The monoisotopic (exact) mass is 250 g/mol. The molecule has 3 heteroatoms. The van der Waals surface area contributed by atoms with Crippen molar-refractivity contribution in [3.63, 3.8) is 0 Å². The molecule has 0 aliphatic carbocycles. The predicted octanol–water partition coefficient (Wildman–Crippen LogP) is 3.39. The van der Waals surface area contributed by atoms with Crippen molar-refractivity contribution in [2.24, 2.45) is 5.41 Å². The highest BCUT2D eigenvalue weighted by Gasteiger charge is 2.30. The van der Waals surface area contributed by atoms with Gasteiger partial charge in [-0.15, -0.1) is 0 Å².